The molecule has 1 unspecified atom stereocenters. The standard InChI is InChI=1S/C14H18BrNO2/c1-16-12-9-14(4-6-17-7-5-14)18-13-8-10(15)2-3-11(12)13/h2-3,8,12,16H,4-7,9H2,1H3. The predicted molar refractivity (Wildman–Crippen MR) is 74.0 cm³/mol. The molecule has 0 aromatic heterocycles. The zero-order chi connectivity index (χ0) is 12.6. The van der Waals surface area contributed by atoms with Gasteiger partial charge in [-0.25, -0.2) is 0 Å². The van der Waals surface area contributed by atoms with E-state index in [9.17, 15) is 0 Å². The lowest BCUT2D eigenvalue weighted by molar-refractivity contribution is -0.0641. The van der Waals surface area contributed by atoms with Gasteiger partial charge in [0.1, 0.15) is 11.4 Å². The van der Waals surface area contributed by atoms with Gasteiger partial charge in [0.25, 0.3) is 0 Å². The van der Waals surface area contributed by atoms with Gasteiger partial charge in [-0.05, 0) is 19.2 Å². The van der Waals surface area contributed by atoms with Crippen LogP contribution in [0.1, 0.15) is 30.9 Å². The van der Waals surface area contributed by atoms with Gasteiger partial charge in [-0.1, -0.05) is 22.0 Å². The van der Waals surface area contributed by atoms with Crippen molar-refractivity contribution in [3.05, 3.63) is 28.2 Å². The quantitative estimate of drug-likeness (QED) is 0.864. The van der Waals surface area contributed by atoms with Gasteiger partial charge in [0.2, 0.25) is 0 Å². The van der Waals surface area contributed by atoms with Crippen LogP contribution in [0.2, 0.25) is 0 Å². The van der Waals surface area contributed by atoms with E-state index in [2.05, 4.69) is 39.4 Å². The van der Waals surface area contributed by atoms with Crippen LogP contribution in [0.4, 0.5) is 0 Å². The van der Waals surface area contributed by atoms with E-state index in [1.54, 1.807) is 0 Å². The first kappa shape index (κ1) is 12.5. The Morgan fingerprint density at radius 1 is 1.33 bits per heavy atom. The van der Waals surface area contributed by atoms with Crippen LogP contribution in [0.25, 0.3) is 0 Å². The summed E-state index contributed by atoms with van der Waals surface area (Å²) in [5.74, 6) is 1.01. The maximum Gasteiger partial charge on any atom is 0.126 e. The Labute approximate surface area is 116 Å². The molecule has 3 nitrogen and oxygen atoms in total. The Balaban J connectivity index is 1.97. The van der Waals surface area contributed by atoms with E-state index in [0.717, 1.165) is 42.7 Å². The normalized spacial score (nSPS) is 25.6. The zero-order valence-corrected chi connectivity index (χ0v) is 12.1. The third-order valence-electron chi connectivity index (χ3n) is 4.01. The van der Waals surface area contributed by atoms with E-state index in [0.29, 0.717) is 6.04 Å². The van der Waals surface area contributed by atoms with Gasteiger partial charge in [0.05, 0.1) is 13.2 Å². The molecule has 2 heterocycles. The van der Waals surface area contributed by atoms with E-state index < -0.39 is 0 Å². The largest absolute Gasteiger partial charge is 0.487 e. The maximum absolute atomic E-state index is 6.32. The third-order valence-corrected chi connectivity index (χ3v) is 4.50. The van der Waals surface area contributed by atoms with E-state index in [-0.39, 0.29) is 5.60 Å². The van der Waals surface area contributed by atoms with Gasteiger partial charge < -0.3 is 14.8 Å². The maximum atomic E-state index is 6.32. The summed E-state index contributed by atoms with van der Waals surface area (Å²) in [4.78, 5) is 0. The highest BCUT2D eigenvalue weighted by atomic mass is 79.9. The molecule has 0 amide bonds. The minimum Gasteiger partial charge on any atom is -0.487 e. The summed E-state index contributed by atoms with van der Waals surface area (Å²) in [7, 11) is 2.02. The topological polar surface area (TPSA) is 30.5 Å². The van der Waals surface area contributed by atoms with Crippen molar-refractivity contribution in [2.75, 3.05) is 20.3 Å². The summed E-state index contributed by atoms with van der Waals surface area (Å²) in [5, 5.41) is 3.42. The lowest BCUT2D eigenvalue weighted by Gasteiger charge is -2.44. The average Bonchev–Trinajstić information content (AvgIpc) is 2.38. The molecule has 0 aliphatic carbocycles. The lowest BCUT2D eigenvalue weighted by Crippen LogP contribution is -2.47. The first-order valence-corrected chi connectivity index (χ1v) is 7.25. The summed E-state index contributed by atoms with van der Waals surface area (Å²) >= 11 is 3.52. The molecule has 0 radical (unpaired) electrons. The van der Waals surface area contributed by atoms with Crippen molar-refractivity contribution >= 4 is 15.9 Å². The van der Waals surface area contributed by atoms with Crippen LogP contribution in [0.15, 0.2) is 22.7 Å². The summed E-state index contributed by atoms with van der Waals surface area (Å²) in [6.07, 6.45) is 3.00. The third kappa shape index (κ3) is 2.17. The Morgan fingerprint density at radius 2 is 2.11 bits per heavy atom. The van der Waals surface area contributed by atoms with Crippen LogP contribution in [0, 0.1) is 0 Å². The van der Waals surface area contributed by atoms with E-state index in [4.69, 9.17) is 9.47 Å². The van der Waals surface area contributed by atoms with Gasteiger partial charge in [-0.15, -0.1) is 0 Å². The molecule has 1 aromatic carbocycles. The van der Waals surface area contributed by atoms with Gasteiger partial charge in [0, 0.05) is 35.3 Å². The van der Waals surface area contributed by atoms with Crippen molar-refractivity contribution in [1.29, 1.82) is 0 Å². The van der Waals surface area contributed by atoms with E-state index in [1.165, 1.54) is 5.56 Å². The number of benzene rings is 1. The second-order valence-corrected chi connectivity index (χ2v) is 6.04. The highest BCUT2D eigenvalue weighted by Crippen LogP contribution is 2.44. The second kappa shape index (κ2) is 4.83. The highest BCUT2D eigenvalue weighted by molar-refractivity contribution is 9.10. The summed E-state index contributed by atoms with van der Waals surface area (Å²) in [5.41, 5.74) is 1.22. The van der Waals surface area contributed by atoms with Crippen LogP contribution in [-0.4, -0.2) is 25.9 Å². The fourth-order valence-electron chi connectivity index (χ4n) is 2.95. The molecule has 0 bridgehead atoms. The lowest BCUT2D eigenvalue weighted by atomic mass is 9.82. The molecule has 1 atom stereocenters. The van der Waals surface area contributed by atoms with Crippen molar-refractivity contribution in [1.82, 2.24) is 5.32 Å². The minimum absolute atomic E-state index is 0.0419. The summed E-state index contributed by atoms with van der Waals surface area (Å²) < 4.78 is 12.9. The van der Waals surface area contributed by atoms with Gasteiger partial charge in [-0.2, -0.15) is 0 Å². The summed E-state index contributed by atoms with van der Waals surface area (Å²) in [6.45, 7) is 1.61. The Kier molecular flexibility index (Phi) is 3.34. The zero-order valence-electron chi connectivity index (χ0n) is 10.5. The predicted octanol–water partition coefficient (Wildman–Crippen LogP) is 3.04. The SMILES string of the molecule is CNC1CC2(CCOCC2)Oc2cc(Br)ccc21. The van der Waals surface area contributed by atoms with Crippen molar-refractivity contribution in [3.8, 4) is 5.75 Å². The molecule has 1 N–H and O–H groups in total. The molecular weight excluding hydrogens is 294 g/mol. The second-order valence-electron chi connectivity index (χ2n) is 5.12. The Hall–Kier alpha value is -0.580. The van der Waals surface area contributed by atoms with Crippen LogP contribution in [-0.2, 0) is 4.74 Å². The molecule has 18 heavy (non-hydrogen) atoms. The van der Waals surface area contributed by atoms with Gasteiger partial charge >= 0.3 is 0 Å². The molecule has 1 fully saturated rings. The first-order valence-electron chi connectivity index (χ1n) is 6.46. The van der Waals surface area contributed by atoms with Gasteiger partial charge in [-0.3, -0.25) is 0 Å². The molecule has 1 saturated heterocycles. The Bertz CT molecular complexity index is 443. The van der Waals surface area contributed by atoms with Crippen LogP contribution in [0.3, 0.4) is 0 Å². The fraction of sp³-hybridized carbons (Fsp3) is 0.571. The fourth-order valence-corrected chi connectivity index (χ4v) is 3.29. The number of rotatable bonds is 1. The highest BCUT2D eigenvalue weighted by Gasteiger charge is 2.41. The number of fused-ring (bicyclic) bond motifs is 1. The smallest absolute Gasteiger partial charge is 0.126 e. The first-order chi connectivity index (χ1) is 8.72. The molecule has 4 heteroatoms. The van der Waals surface area contributed by atoms with Crippen LogP contribution < -0.4 is 10.1 Å². The number of hydrogen-bond acceptors (Lipinski definition) is 3. The number of nitrogens with one attached hydrogen (secondary N) is 1. The van der Waals surface area contributed by atoms with Crippen LogP contribution >= 0.6 is 15.9 Å². The van der Waals surface area contributed by atoms with Crippen molar-refractivity contribution in [2.45, 2.75) is 30.9 Å². The van der Waals surface area contributed by atoms with E-state index >= 15 is 0 Å². The molecule has 1 aromatic rings. The Morgan fingerprint density at radius 3 is 2.83 bits per heavy atom. The number of hydrogen-bond donors (Lipinski definition) is 1. The monoisotopic (exact) mass is 311 g/mol. The molecule has 98 valence electrons. The molecule has 0 saturated carbocycles. The van der Waals surface area contributed by atoms with Crippen molar-refractivity contribution < 1.29 is 9.47 Å². The van der Waals surface area contributed by atoms with Crippen LogP contribution in [0.5, 0.6) is 5.75 Å². The van der Waals surface area contributed by atoms with Crippen molar-refractivity contribution in [2.24, 2.45) is 0 Å². The molecule has 2 aliphatic rings. The average molecular weight is 312 g/mol. The van der Waals surface area contributed by atoms with E-state index in [1.807, 2.05) is 7.05 Å². The molecule has 3 rings (SSSR count). The molecular formula is C14H18BrNO2. The van der Waals surface area contributed by atoms with Gasteiger partial charge in [0.15, 0.2) is 0 Å². The molecule has 1 spiro atoms. The molecule has 2 aliphatic heterocycles. The number of ether oxygens (including phenoxy) is 2. The van der Waals surface area contributed by atoms with Crippen molar-refractivity contribution in [3.63, 3.8) is 0 Å². The number of halogens is 1. The summed E-state index contributed by atoms with van der Waals surface area (Å²) in [6, 6.07) is 6.68. The minimum atomic E-state index is -0.0419.